The minimum Gasteiger partial charge on any atom is -0.381 e. The smallest absolute Gasteiger partial charge is 0.0648 e. The summed E-state index contributed by atoms with van der Waals surface area (Å²) in [5.41, 5.74) is 1.02. The minimum absolute atomic E-state index is 0.425. The maximum Gasteiger partial charge on any atom is 0.0648 e. The van der Waals surface area contributed by atoms with Crippen LogP contribution in [0.25, 0.3) is 0 Å². The molecule has 0 aliphatic carbocycles. The number of halogens is 2. The van der Waals surface area contributed by atoms with Crippen LogP contribution in [0, 0.1) is 0 Å². The van der Waals surface area contributed by atoms with E-state index >= 15 is 0 Å². The lowest BCUT2D eigenvalue weighted by Crippen LogP contribution is -2.33. The first-order valence-electron chi connectivity index (χ1n) is 7.10. The summed E-state index contributed by atoms with van der Waals surface area (Å²) in [6.07, 6.45) is 6.47. The number of anilines is 1. The maximum absolute atomic E-state index is 6.23. The van der Waals surface area contributed by atoms with E-state index < -0.39 is 0 Å². The Labute approximate surface area is 129 Å². The standard InChI is InChI=1S/C15H22BrClN2/c1-11(9-13-5-3-2-4-8-18-13)19-15-7-6-12(16)10-14(15)17/h6-7,10-11,13,18-19H,2-5,8-9H2,1H3. The van der Waals surface area contributed by atoms with Crippen LogP contribution in [0.4, 0.5) is 5.69 Å². The van der Waals surface area contributed by atoms with Crippen molar-refractivity contribution >= 4 is 33.2 Å². The van der Waals surface area contributed by atoms with Gasteiger partial charge in [0.15, 0.2) is 0 Å². The third kappa shape index (κ3) is 4.97. The predicted molar refractivity (Wildman–Crippen MR) is 87.1 cm³/mol. The summed E-state index contributed by atoms with van der Waals surface area (Å²) in [6, 6.07) is 7.04. The monoisotopic (exact) mass is 344 g/mol. The van der Waals surface area contributed by atoms with Crippen LogP contribution in [0.2, 0.25) is 5.02 Å². The number of hydrogen-bond donors (Lipinski definition) is 2. The average Bonchev–Trinajstić information content (AvgIpc) is 2.61. The molecule has 2 atom stereocenters. The Hall–Kier alpha value is -0.250. The Morgan fingerprint density at radius 1 is 1.42 bits per heavy atom. The zero-order valence-corrected chi connectivity index (χ0v) is 13.7. The molecule has 1 aliphatic rings. The lowest BCUT2D eigenvalue weighted by molar-refractivity contribution is 0.456. The number of hydrogen-bond acceptors (Lipinski definition) is 2. The van der Waals surface area contributed by atoms with Crippen molar-refractivity contribution in [3.8, 4) is 0 Å². The molecule has 1 fully saturated rings. The summed E-state index contributed by atoms with van der Waals surface area (Å²) in [7, 11) is 0. The largest absolute Gasteiger partial charge is 0.381 e. The van der Waals surface area contributed by atoms with Gasteiger partial charge in [-0.2, -0.15) is 0 Å². The first-order chi connectivity index (χ1) is 9.15. The summed E-state index contributed by atoms with van der Waals surface area (Å²) >= 11 is 9.66. The summed E-state index contributed by atoms with van der Waals surface area (Å²) in [5, 5.41) is 7.93. The highest BCUT2D eigenvalue weighted by Gasteiger charge is 2.15. The fourth-order valence-electron chi connectivity index (χ4n) is 2.66. The number of nitrogens with one attached hydrogen (secondary N) is 2. The number of rotatable bonds is 4. The summed E-state index contributed by atoms with van der Waals surface area (Å²) < 4.78 is 1.01. The van der Waals surface area contributed by atoms with Crippen LogP contribution < -0.4 is 10.6 Å². The number of benzene rings is 1. The Bertz CT molecular complexity index is 403. The molecule has 2 unspecified atom stereocenters. The van der Waals surface area contributed by atoms with E-state index in [2.05, 4.69) is 33.5 Å². The van der Waals surface area contributed by atoms with Gasteiger partial charge in [0.05, 0.1) is 10.7 Å². The molecule has 1 saturated heterocycles. The van der Waals surface area contributed by atoms with E-state index in [0.29, 0.717) is 12.1 Å². The molecule has 2 nitrogen and oxygen atoms in total. The Kier molecular flexibility index (Phi) is 5.99. The van der Waals surface area contributed by atoms with Gasteiger partial charge in [0, 0.05) is 16.6 Å². The van der Waals surface area contributed by atoms with Crippen LogP contribution in [0.5, 0.6) is 0 Å². The molecular weight excluding hydrogens is 324 g/mol. The van der Waals surface area contributed by atoms with Crippen molar-refractivity contribution in [2.45, 2.75) is 51.1 Å². The Morgan fingerprint density at radius 3 is 3.05 bits per heavy atom. The first kappa shape index (κ1) is 15.1. The van der Waals surface area contributed by atoms with Gasteiger partial charge in [0.2, 0.25) is 0 Å². The van der Waals surface area contributed by atoms with Crippen molar-refractivity contribution in [1.82, 2.24) is 5.32 Å². The molecule has 0 aromatic heterocycles. The molecule has 0 saturated carbocycles. The molecule has 4 heteroatoms. The normalized spacial score (nSPS) is 21.7. The second kappa shape index (κ2) is 7.51. The van der Waals surface area contributed by atoms with Gasteiger partial charge in [0.1, 0.15) is 0 Å². The first-order valence-corrected chi connectivity index (χ1v) is 8.27. The highest BCUT2D eigenvalue weighted by molar-refractivity contribution is 9.10. The lowest BCUT2D eigenvalue weighted by Gasteiger charge is -2.22. The van der Waals surface area contributed by atoms with E-state index in [1.54, 1.807) is 0 Å². The van der Waals surface area contributed by atoms with Gasteiger partial charge >= 0.3 is 0 Å². The van der Waals surface area contributed by atoms with Crippen LogP contribution in [-0.2, 0) is 0 Å². The molecule has 1 aliphatic heterocycles. The molecule has 2 rings (SSSR count). The molecule has 1 heterocycles. The third-order valence-corrected chi connectivity index (χ3v) is 4.44. The maximum atomic E-state index is 6.23. The molecule has 0 radical (unpaired) electrons. The van der Waals surface area contributed by atoms with E-state index in [4.69, 9.17) is 11.6 Å². The molecule has 1 aromatic carbocycles. The third-order valence-electron chi connectivity index (χ3n) is 3.63. The fourth-order valence-corrected chi connectivity index (χ4v) is 3.39. The van der Waals surface area contributed by atoms with Gasteiger partial charge in [-0.15, -0.1) is 0 Å². The Morgan fingerprint density at radius 2 is 2.26 bits per heavy atom. The molecule has 1 aromatic rings. The Balaban J connectivity index is 1.87. The van der Waals surface area contributed by atoms with Crippen molar-refractivity contribution in [3.63, 3.8) is 0 Å². The van der Waals surface area contributed by atoms with Crippen molar-refractivity contribution in [2.75, 3.05) is 11.9 Å². The SMILES string of the molecule is CC(CC1CCCCCN1)Nc1ccc(Br)cc1Cl. The predicted octanol–water partition coefficient (Wildman–Crippen LogP) is 4.83. The summed E-state index contributed by atoms with van der Waals surface area (Å²) in [4.78, 5) is 0. The highest BCUT2D eigenvalue weighted by atomic mass is 79.9. The highest BCUT2D eigenvalue weighted by Crippen LogP contribution is 2.27. The van der Waals surface area contributed by atoms with Crippen molar-refractivity contribution in [3.05, 3.63) is 27.7 Å². The summed E-state index contributed by atoms with van der Waals surface area (Å²) in [5.74, 6) is 0. The topological polar surface area (TPSA) is 24.1 Å². The van der Waals surface area contributed by atoms with E-state index in [0.717, 1.165) is 28.1 Å². The molecule has 106 valence electrons. The zero-order chi connectivity index (χ0) is 13.7. The lowest BCUT2D eigenvalue weighted by atomic mass is 10.0. The van der Waals surface area contributed by atoms with E-state index in [1.165, 1.54) is 25.7 Å². The molecule has 0 amide bonds. The zero-order valence-electron chi connectivity index (χ0n) is 11.4. The fraction of sp³-hybridized carbons (Fsp3) is 0.600. The van der Waals surface area contributed by atoms with Gasteiger partial charge in [-0.25, -0.2) is 0 Å². The van der Waals surface area contributed by atoms with Crippen LogP contribution >= 0.6 is 27.5 Å². The van der Waals surface area contributed by atoms with E-state index in [-0.39, 0.29) is 0 Å². The molecule has 2 N–H and O–H groups in total. The van der Waals surface area contributed by atoms with Crippen molar-refractivity contribution < 1.29 is 0 Å². The van der Waals surface area contributed by atoms with Gasteiger partial charge < -0.3 is 10.6 Å². The van der Waals surface area contributed by atoms with Crippen LogP contribution in [0.15, 0.2) is 22.7 Å². The van der Waals surface area contributed by atoms with Gasteiger partial charge in [-0.3, -0.25) is 0 Å². The molecular formula is C15H22BrClN2. The van der Waals surface area contributed by atoms with Crippen molar-refractivity contribution in [2.24, 2.45) is 0 Å². The second-order valence-electron chi connectivity index (χ2n) is 5.41. The average molecular weight is 346 g/mol. The second-order valence-corrected chi connectivity index (χ2v) is 6.73. The quantitative estimate of drug-likeness (QED) is 0.817. The molecule has 0 bridgehead atoms. The molecule has 19 heavy (non-hydrogen) atoms. The van der Waals surface area contributed by atoms with Gasteiger partial charge in [-0.1, -0.05) is 40.4 Å². The minimum atomic E-state index is 0.425. The van der Waals surface area contributed by atoms with E-state index in [9.17, 15) is 0 Å². The van der Waals surface area contributed by atoms with Crippen molar-refractivity contribution in [1.29, 1.82) is 0 Å². The van der Waals surface area contributed by atoms with Crippen LogP contribution in [0.1, 0.15) is 39.0 Å². The summed E-state index contributed by atoms with van der Waals surface area (Å²) in [6.45, 7) is 3.39. The van der Waals surface area contributed by atoms with Gasteiger partial charge in [0.25, 0.3) is 0 Å². The van der Waals surface area contributed by atoms with E-state index in [1.807, 2.05) is 18.2 Å². The molecule has 0 spiro atoms. The van der Waals surface area contributed by atoms with Crippen LogP contribution in [0.3, 0.4) is 0 Å². The van der Waals surface area contributed by atoms with Crippen LogP contribution in [-0.4, -0.2) is 18.6 Å². The van der Waals surface area contributed by atoms with Gasteiger partial charge in [-0.05, 0) is 50.9 Å².